The quantitative estimate of drug-likeness (QED) is 0.335. The molecule has 0 bridgehead atoms. The van der Waals surface area contributed by atoms with Gasteiger partial charge >= 0.3 is 0 Å². The number of amides is 1. The van der Waals surface area contributed by atoms with E-state index in [1.54, 1.807) is 14.2 Å². The maximum Gasteiger partial charge on any atom is 0.254 e. The van der Waals surface area contributed by atoms with Crippen LogP contribution in [0.4, 0.5) is 0 Å². The predicted octanol–water partition coefficient (Wildman–Crippen LogP) is 4.89. The van der Waals surface area contributed by atoms with Gasteiger partial charge in [-0.3, -0.25) is 4.79 Å². The number of nitrogens with zero attached hydrogens (tertiary/aromatic N) is 1. The highest BCUT2D eigenvalue weighted by molar-refractivity contribution is 5.95. The van der Waals surface area contributed by atoms with Crippen LogP contribution >= 0.6 is 0 Å². The third kappa shape index (κ3) is 7.42. The van der Waals surface area contributed by atoms with Gasteiger partial charge in [0.2, 0.25) is 0 Å². The first-order chi connectivity index (χ1) is 18.5. The van der Waals surface area contributed by atoms with Gasteiger partial charge in [0, 0.05) is 69.4 Å². The van der Waals surface area contributed by atoms with Crippen molar-refractivity contribution in [2.24, 2.45) is 17.8 Å². The smallest absolute Gasteiger partial charge is 0.254 e. The van der Waals surface area contributed by atoms with Crippen molar-refractivity contribution in [1.82, 2.24) is 15.5 Å². The van der Waals surface area contributed by atoms with E-state index < -0.39 is 0 Å². The second-order valence-electron chi connectivity index (χ2n) is 11.9. The SMILES string of the molecule is COCCCOc1cc(C(=O)N(CC2CNCC2NC(C2CCCC2)C2CCCC2)C(C)C)ccc1OC. The lowest BCUT2D eigenvalue weighted by Crippen LogP contribution is -2.52. The average molecular weight is 530 g/mol. The van der Waals surface area contributed by atoms with Gasteiger partial charge in [-0.25, -0.2) is 0 Å². The molecule has 2 aliphatic carbocycles. The summed E-state index contributed by atoms with van der Waals surface area (Å²) in [5.41, 5.74) is 0.645. The van der Waals surface area contributed by atoms with Gasteiger partial charge in [-0.05, 0) is 69.6 Å². The number of nitrogens with one attached hydrogen (secondary N) is 2. The molecule has 38 heavy (non-hydrogen) atoms. The van der Waals surface area contributed by atoms with Crippen LogP contribution in [0.25, 0.3) is 0 Å². The lowest BCUT2D eigenvalue weighted by Gasteiger charge is -2.37. The van der Waals surface area contributed by atoms with E-state index in [4.69, 9.17) is 14.2 Å². The molecule has 1 aliphatic heterocycles. The summed E-state index contributed by atoms with van der Waals surface area (Å²) in [7, 11) is 3.31. The number of carbonyl (C=O) groups is 1. The van der Waals surface area contributed by atoms with Crippen molar-refractivity contribution in [3.63, 3.8) is 0 Å². The van der Waals surface area contributed by atoms with E-state index in [9.17, 15) is 4.79 Å². The van der Waals surface area contributed by atoms with Gasteiger partial charge in [0.05, 0.1) is 13.7 Å². The molecule has 2 unspecified atom stereocenters. The van der Waals surface area contributed by atoms with E-state index in [1.165, 1.54) is 51.4 Å². The first-order valence-electron chi connectivity index (χ1n) is 15.1. The molecule has 4 rings (SSSR count). The molecule has 1 aromatic rings. The number of hydrogen-bond acceptors (Lipinski definition) is 6. The summed E-state index contributed by atoms with van der Waals surface area (Å²) < 4.78 is 16.6. The van der Waals surface area contributed by atoms with Gasteiger partial charge in [0.15, 0.2) is 11.5 Å². The minimum Gasteiger partial charge on any atom is -0.493 e. The van der Waals surface area contributed by atoms with Crippen LogP contribution in [0.1, 0.15) is 82.0 Å². The van der Waals surface area contributed by atoms with Gasteiger partial charge in [-0.15, -0.1) is 0 Å². The molecule has 1 aromatic carbocycles. The maximum absolute atomic E-state index is 13.8. The molecule has 7 nitrogen and oxygen atoms in total. The molecule has 3 fully saturated rings. The van der Waals surface area contributed by atoms with Crippen molar-refractivity contribution in [3.8, 4) is 11.5 Å². The van der Waals surface area contributed by atoms with E-state index in [0.717, 1.165) is 37.9 Å². The molecular weight excluding hydrogens is 478 g/mol. The fraction of sp³-hybridized carbons (Fsp3) is 0.774. The summed E-state index contributed by atoms with van der Waals surface area (Å²) in [6.07, 6.45) is 11.8. The predicted molar refractivity (Wildman–Crippen MR) is 152 cm³/mol. The minimum atomic E-state index is 0.0539. The first kappa shape index (κ1) is 29.2. The summed E-state index contributed by atoms with van der Waals surface area (Å²) in [6, 6.07) is 6.69. The van der Waals surface area contributed by atoms with Crippen LogP contribution in [0.3, 0.4) is 0 Å². The van der Waals surface area contributed by atoms with E-state index in [0.29, 0.717) is 48.3 Å². The van der Waals surface area contributed by atoms with Crippen molar-refractivity contribution in [1.29, 1.82) is 0 Å². The Labute approximate surface area is 230 Å². The minimum absolute atomic E-state index is 0.0539. The summed E-state index contributed by atoms with van der Waals surface area (Å²) in [5.74, 6) is 3.35. The lowest BCUT2D eigenvalue weighted by atomic mass is 9.84. The number of rotatable bonds is 14. The third-order valence-electron chi connectivity index (χ3n) is 9.04. The summed E-state index contributed by atoms with van der Waals surface area (Å²) >= 11 is 0. The van der Waals surface area contributed by atoms with Gasteiger partial charge < -0.3 is 29.7 Å². The topological polar surface area (TPSA) is 72.1 Å². The fourth-order valence-electron chi connectivity index (χ4n) is 6.91. The summed E-state index contributed by atoms with van der Waals surface area (Å²) in [4.78, 5) is 15.9. The molecule has 0 aromatic heterocycles. The Morgan fingerprint density at radius 1 is 1.00 bits per heavy atom. The zero-order valence-corrected chi connectivity index (χ0v) is 24.2. The Balaban J connectivity index is 1.44. The second-order valence-corrected chi connectivity index (χ2v) is 11.9. The highest BCUT2D eigenvalue weighted by Crippen LogP contribution is 2.38. The summed E-state index contributed by atoms with van der Waals surface area (Å²) in [5, 5.41) is 7.83. The monoisotopic (exact) mass is 529 g/mol. The van der Waals surface area contributed by atoms with Crippen LogP contribution in [0.15, 0.2) is 18.2 Å². The lowest BCUT2D eigenvalue weighted by molar-refractivity contribution is 0.0662. The van der Waals surface area contributed by atoms with Crippen molar-refractivity contribution in [2.75, 3.05) is 47.1 Å². The molecule has 214 valence electrons. The molecule has 2 atom stereocenters. The number of hydrogen-bond donors (Lipinski definition) is 2. The highest BCUT2D eigenvalue weighted by Gasteiger charge is 2.38. The van der Waals surface area contributed by atoms with Crippen molar-refractivity contribution in [2.45, 2.75) is 89.8 Å². The van der Waals surface area contributed by atoms with Gasteiger partial charge in [-0.2, -0.15) is 0 Å². The molecule has 3 aliphatic rings. The first-order valence-corrected chi connectivity index (χ1v) is 15.1. The van der Waals surface area contributed by atoms with Gasteiger partial charge in [0.25, 0.3) is 5.91 Å². The van der Waals surface area contributed by atoms with Crippen LogP contribution in [-0.2, 0) is 4.74 Å². The number of methoxy groups -OCH3 is 2. The zero-order valence-electron chi connectivity index (χ0n) is 24.2. The number of benzene rings is 1. The Hall–Kier alpha value is -1.83. The van der Waals surface area contributed by atoms with Gasteiger partial charge in [-0.1, -0.05) is 25.7 Å². The Bertz CT molecular complexity index is 851. The number of carbonyl (C=O) groups excluding carboxylic acids is 1. The largest absolute Gasteiger partial charge is 0.493 e. The normalized spacial score (nSPS) is 22.6. The van der Waals surface area contributed by atoms with E-state index in [-0.39, 0.29) is 11.9 Å². The van der Waals surface area contributed by atoms with Crippen molar-refractivity contribution < 1.29 is 19.0 Å². The molecular formula is C31H51N3O4. The molecule has 2 saturated carbocycles. The highest BCUT2D eigenvalue weighted by atomic mass is 16.5. The fourth-order valence-corrected chi connectivity index (χ4v) is 6.91. The van der Waals surface area contributed by atoms with Crippen LogP contribution in [-0.4, -0.2) is 76.0 Å². The molecule has 1 saturated heterocycles. The Morgan fingerprint density at radius 3 is 2.29 bits per heavy atom. The molecule has 1 heterocycles. The van der Waals surface area contributed by atoms with Crippen LogP contribution in [0, 0.1) is 17.8 Å². The number of ether oxygens (including phenoxy) is 3. The maximum atomic E-state index is 13.8. The summed E-state index contributed by atoms with van der Waals surface area (Å²) in [6.45, 7) is 8.08. The Kier molecular flexibility index (Phi) is 11.1. The van der Waals surface area contributed by atoms with E-state index >= 15 is 0 Å². The standard InChI is InChI=1S/C31H51N3O4/c1-22(2)34(31(35)25-14-15-28(37-4)29(18-25)38-17-9-16-36-3)21-26-19-32-20-27(26)33-30(23-10-5-6-11-23)24-12-7-8-13-24/h14-15,18,22-24,26-27,30,32-33H,5-13,16-17,19-21H2,1-4H3. The zero-order chi connectivity index (χ0) is 26.9. The molecule has 2 N–H and O–H groups in total. The van der Waals surface area contributed by atoms with E-state index in [1.807, 2.05) is 23.1 Å². The average Bonchev–Trinajstić information content (AvgIpc) is 3.71. The van der Waals surface area contributed by atoms with Crippen LogP contribution in [0.2, 0.25) is 0 Å². The molecule has 0 spiro atoms. The van der Waals surface area contributed by atoms with Crippen molar-refractivity contribution in [3.05, 3.63) is 23.8 Å². The van der Waals surface area contributed by atoms with Gasteiger partial charge in [0.1, 0.15) is 0 Å². The van der Waals surface area contributed by atoms with Crippen LogP contribution < -0.4 is 20.1 Å². The Morgan fingerprint density at radius 2 is 1.68 bits per heavy atom. The third-order valence-corrected chi connectivity index (χ3v) is 9.04. The molecule has 0 radical (unpaired) electrons. The van der Waals surface area contributed by atoms with Crippen molar-refractivity contribution >= 4 is 5.91 Å². The van der Waals surface area contributed by atoms with Crippen LogP contribution in [0.5, 0.6) is 11.5 Å². The second kappa shape index (κ2) is 14.5. The van der Waals surface area contributed by atoms with E-state index in [2.05, 4.69) is 24.5 Å². The molecule has 7 heteroatoms. The molecule has 1 amide bonds.